The molecular formula is C24H27FN4O2. The molecular weight excluding hydrogens is 395 g/mol. The third-order valence-corrected chi connectivity index (χ3v) is 5.80. The average molecular weight is 423 g/mol. The summed E-state index contributed by atoms with van der Waals surface area (Å²) in [5.74, 6) is 0.0945. The van der Waals surface area contributed by atoms with Gasteiger partial charge in [-0.3, -0.25) is 9.36 Å². The Morgan fingerprint density at radius 3 is 2.65 bits per heavy atom. The van der Waals surface area contributed by atoms with Gasteiger partial charge in [0.1, 0.15) is 17.7 Å². The van der Waals surface area contributed by atoms with Crippen molar-refractivity contribution in [3.05, 3.63) is 87.3 Å². The van der Waals surface area contributed by atoms with Crippen molar-refractivity contribution >= 4 is 5.91 Å². The highest BCUT2D eigenvalue weighted by Gasteiger charge is 2.29. The van der Waals surface area contributed by atoms with E-state index in [0.717, 1.165) is 24.8 Å². The molecule has 4 rings (SSSR count). The normalized spacial score (nSPS) is 15.9. The highest BCUT2D eigenvalue weighted by atomic mass is 19.1. The van der Waals surface area contributed by atoms with Crippen molar-refractivity contribution in [2.24, 2.45) is 0 Å². The van der Waals surface area contributed by atoms with Crippen LogP contribution in [-0.2, 0) is 30.7 Å². The largest absolute Gasteiger partial charge is 0.350 e. The molecule has 162 valence electrons. The molecule has 1 unspecified atom stereocenters. The Labute approximate surface area is 180 Å². The maximum absolute atomic E-state index is 13.5. The first-order chi connectivity index (χ1) is 15.0. The van der Waals surface area contributed by atoms with Crippen LogP contribution in [-0.4, -0.2) is 20.3 Å². The van der Waals surface area contributed by atoms with Crippen molar-refractivity contribution in [3.8, 4) is 0 Å². The molecule has 31 heavy (non-hydrogen) atoms. The number of rotatable bonds is 6. The molecule has 1 atom stereocenters. The number of aryl methyl sites for hydroxylation is 2. The number of hydrogen-bond acceptors (Lipinski definition) is 3. The monoisotopic (exact) mass is 422 g/mol. The number of carbonyl (C=O) groups excluding carboxylic acids is 1. The summed E-state index contributed by atoms with van der Waals surface area (Å²) in [6.07, 6.45) is 3.95. The van der Waals surface area contributed by atoms with Crippen LogP contribution in [0.25, 0.3) is 0 Å². The van der Waals surface area contributed by atoms with Gasteiger partial charge in [0.2, 0.25) is 5.91 Å². The van der Waals surface area contributed by atoms with Crippen molar-refractivity contribution < 1.29 is 9.18 Å². The van der Waals surface area contributed by atoms with Crippen LogP contribution < -0.4 is 11.0 Å². The van der Waals surface area contributed by atoms with E-state index in [4.69, 9.17) is 0 Å². The molecule has 0 fully saturated rings. The van der Waals surface area contributed by atoms with Crippen molar-refractivity contribution in [2.45, 2.75) is 58.2 Å². The van der Waals surface area contributed by atoms with Crippen LogP contribution in [0.3, 0.4) is 0 Å². The molecule has 0 spiro atoms. The van der Waals surface area contributed by atoms with E-state index in [1.54, 1.807) is 12.1 Å². The second kappa shape index (κ2) is 9.29. The van der Waals surface area contributed by atoms with Crippen LogP contribution in [0, 0.1) is 5.82 Å². The van der Waals surface area contributed by atoms with Crippen LogP contribution in [0.2, 0.25) is 0 Å². The van der Waals surface area contributed by atoms with E-state index < -0.39 is 6.04 Å². The molecule has 0 aliphatic carbocycles. The topological polar surface area (TPSA) is 68.9 Å². The lowest BCUT2D eigenvalue weighted by atomic mass is 10.1. The zero-order chi connectivity index (χ0) is 21.8. The predicted octanol–water partition coefficient (Wildman–Crippen LogP) is 3.38. The number of benzene rings is 2. The van der Waals surface area contributed by atoms with E-state index in [9.17, 15) is 14.0 Å². The summed E-state index contributed by atoms with van der Waals surface area (Å²) in [5.41, 5.74) is 2.61. The Balaban J connectivity index is 1.53. The Morgan fingerprint density at radius 2 is 1.90 bits per heavy atom. The third kappa shape index (κ3) is 4.76. The van der Waals surface area contributed by atoms with Crippen LogP contribution in [0.4, 0.5) is 4.39 Å². The Morgan fingerprint density at radius 1 is 1.13 bits per heavy atom. The summed E-state index contributed by atoms with van der Waals surface area (Å²) >= 11 is 0. The minimum Gasteiger partial charge on any atom is -0.350 e. The van der Waals surface area contributed by atoms with Crippen LogP contribution in [0.15, 0.2) is 53.3 Å². The molecule has 0 radical (unpaired) electrons. The molecule has 6 nitrogen and oxygen atoms in total. The predicted molar refractivity (Wildman–Crippen MR) is 116 cm³/mol. The highest BCUT2D eigenvalue weighted by molar-refractivity contribution is 5.80. The fourth-order valence-electron chi connectivity index (χ4n) is 4.06. The molecule has 1 amide bonds. The van der Waals surface area contributed by atoms with Gasteiger partial charge in [0.15, 0.2) is 0 Å². The maximum atomic E-state index is 13.5. The van der Waals surface area contributed by atoms with Gasteiger partial charge < -0.3 is 5.32 Å². The minimum absolute atomic E-state index is 0.171. The fraction of sp³-hybridized carbons (Fsp3) is 0.375. The molecule has 2 aromatic carbocycles. The molecule has 1 aromatic heterocycles. The smallest absolute Gasteiger partial charge is 0.346 e. The van der Waals surface area contributed by atoms with Gasteiger partial charge in [-0.1, -0.05) is 49.7 Å². The number of nitrogens with one attached hydrogen (secondary N) is 1. The first-order valence-electron chi connectivity index (χ1n) is 10.8. The average Bonchev–Trinajstić information content (AvgIpc) is 2.94. The van der Waals surface area contributed by atoms with Gasteiger partial charge in [-0.05, 0) is 48.1 Å². The van der Waals surface area contributed by atoms with Gasteiger partial charge in [-0.15, -0.1) is 0 Å². The van der Waals surface area contributed by atoms with Gasteiger partial charge in [0.05, 0.1) is 6.54 Å². The molecule has 3 aromatic rings. The number of hydrogen-bond donors (Lipinski definition) is 1. The van der Waals surface area contributed by atoms with Gasteiger partial charge in [-0.2, -0.15) is 5.10 Å². The molecule has 0 bridgehead atoms. The van der Waals surface area contributed by atoms with E-state index in [2.05, 4.69) is 29.5 Å². The number of halogens is 1. The SMILES string of the molecule is CCc1ccc(CNC(=O)C2CCCCc3nn(Cc4cccc(F)c4)c(=O)n32)cc1. The van der Waals surface area contributed by atoms with E-state index in [0.29, 0.717) is 30.8 Å². The lowest BCUT2D eigenvalue weighted by Gasteiger charge is -2.16. The number of nitrogens with zero attached hydrogens (tertiary/aromatic N) is 3. The highest BCUT2D eigenvalue weighted by Crippen LogP contribution is 2.22. The van der Waals surface area contributed by atoms with E-state index in [1.807, 2.05) is 12.1 Å². The first kappa shape index (κ1) is 21.0. The molecule has 7 heteroatoms. The second-order valence-electron chi connectivity index (χ2n) is 8.01. The zero-order valence-corrected chi connectivity index (χ0v) is 17.7. The van der Waals surface area contributed by atoms with Crippen molar-refractivity contribution in [2.75, 3.05) is 0 Å². The summed E-state index contributed by atoms with van der Waals surface area (Å²) in [5, 5.41) is 7.45. The summed E-state index contributed by atoms with van der Waals surface area (Å²) in [6, 6.07) is 13.7. The lowest BCUT2D eigenvalue weighted by molar-refractivity contribution is -0.124. The Bertz CT molecular complexity index is 1120. The zero-order valence-electron chi connectivity index (χ0n) is 17.7. The molecule has 1 aliphatic rings. The van der Waals surface area contributed by atoms with Crippen molar-refractivity contribution in [1.82, 2.24) is 19.7 Å². The summed E-state index contributed by atoms with van der Waals surface area (Å²) in [7, 11) is 0. The van der Waals surface area contributed by atoms with Gasteiger partial charge >= 0.3 is 5.69 Å². The van der Waals surface area contributed by atoms with E-state index >= 15 is 0 Å². The van der Waals surface area contributed by atoms with Crippen molar-refractivity contribution in [1.29, 1.82) is 0 Å². The standard InChI is InChI=1S/C24H27FN4O2/c1-2-17-10-12-18(13-11-17)15-26-23(30)21-8-3-4-9-22-27-28(24(31)29(21)22)16-19-6-5-7-20(25)14-19/h5-7,10-14,21H,2-4,8-9,15-16H2,1H3,(H,26,30). The summed E-state index contributed by atoms with van der Waals surface area (Å²) in [6.45, 7) is 2.70. The van der Waals surface area contributed by atoms with Gasteiger partial charge in [0, 0.05) is 13.0 Å². The lowest BCUT2D eigenvalue weighted by Crippen LogP contribution is -2.38. The van der Waals surface area contributed by atoms with Crippen molar-refractivity contribution in [3.63, 3.8) is 0 Å². The minimum atomic E-state index is -0.582. The fourth-order valence-corrected chi connectivity index (χ4v) is 4.06. The van der Waals surface area contributed by atoms with Crippen LogP contribution in [0.1, 0.15) is 54.7 Å². The van der Waals surface area contributed by atoms with Crippen LogP contribution >= 0.6 is 0 Å². The van der Waals surface area contributed by atoms with Gasteiger partial charge in [-0.25, -0.2) is 13.9 Å². The second-order valence-corrected chi connectivity index (χ2v) is 8.01. The van der Waals surface area contributed by atoms with E-state index in [-0.39, 0.29) is 24.0 Å². The maximum Gasteiger partial charge on any atom is 0.346 e. The van der Waals surface area contributed by atoms with Gasteiger partial charge in [0.25, 0.3) is 0 Å². The molecule has 1 aliphatic heterocycles. The molecule has 2 heterocycles. The summed E-state index contributed by atoms with van der Waals surface area (Å²) in [4.78, 5) is 26.1. The quantitative estimate of drug-likeness (QED) is 0.662. The third-order valence-electron chi connectivity index (χ3n) is 5.80. The van der Waals surface area contributed by atoms with Crippen LogP contribution in [0.5, 0.6) is 0 Å². The number of amides is 1. The Kier molecular flexibility index (Phi) is 6.30. The van der Waals surface area contributed by atoms with E-state index in [1.165, 1.54) is 26.9 Å². The number of carbonyl (C=O) groups is 1. The number of aromatic nitrogens is 3. The molecule has 0 saturated heterocycles. The molecule has 1 N–H and O–H groups in total. The number of fused-ring (bicyclic) bond motifs is 1. The Hall–Kier alpha value is -3.22. The first-order valence-corrected chi connectivity index (χ1v) is 10.8. The summed E-state index contributed by atoms with van der Waals surface area (Å²) < 4.78 is 16.4. The molecule has 0 saturated carbocycles.